The topological polar surface area (TPSA) is 125 Å². The largest absolute Gasteiger partial charge is 0.480 e. The molecule has 4 N–H and O–H groups in total. The van der Waals surface area contributed by atoms with Crippen LogP contribution in [0.3, 0.4) is 0 Å². The molecule has 2 aromatic carbocycles. The number of carbonyl (C=O) groups excluding carboxylic acids is 2. The van der Waals surface area contributed by atoms with Crippen LogP contribution in [0.2, 0.25) is 0 Å². The van der Waals surface area contributed by atoms with E-state index in [2.05, 4.69) is 22.8 Å². The zero-order chi connectivity index (χ0) is 24.2. The first-order valence-corrected chi connectivity index (χ1v) is 10.9. The molecule has 0 saturated carbocycles. The highest BCUT2D eigenvalue weighted by Crippen LogP contribution is 2.44. The van der Waals surface area contributed by atoms with Gasteiger partial charge in [-0.05, 0) is 35.6 Å². The summed E-state index contributed by atoms with van der Waals surface area (Å²) < 4.78 is 5.48. The number of aliphatic carboxylic acids is 1. The Labute approximate surface area is 193 Å². The Morgan fingerprint density at radius 2 is 1.58 bits per heavy atom. The van der Waals surface area contributed by atoms with Crippen molar-refractivity contribution in [2.75, 3.05) is 13.2 Å². The van der Waals surface area contributed by atoms with Gasteiger partial charge in [0.25, 0.3) is 0 Å². The number of rotatable bonds is 9. The Bertz CT molecular complexity index is 988. The zero-order valence-corrected chi connectivity index (χ0v) is 19.0. The number of carboxylic acids is 1. The molecule has 0 aromatic heterocycles. The van der Waals surface area contributed by atoms with Crippen molar-refractivity contribution in [3.8, 4) is 11.1 Å². The van der Waals surface area contributed by atoms with E-state index in [0.29, 0.717) is 0 Å². The first kappa shape index (κ1) is 24.3. The molecule has 0 bridgehead atoms. The number of aliphatic hydroxyl groups excluding tert-OH is 1. The van der Waals surface area contributed by atoms with Crippen molar-refractivity contribution in [1.82, 2.24) is 10.6 Å². The Hall–Kier alpha value is -3.39. The maximum Gasteiger partial charge on any atom is 0.407 e. The SMILES string of the molecule is CC(O)C(NC(=O)C(C)(C)CCNC(=O)OCC1c2ccccc2-c2ccccc21)C(=O)O. The van der Waals surface area contributed by atoms with Crippen molar-refractivity contribution in [3.05, 3.63) is 59.7 Å². The van der Waals surface area contributed by atoms with Crippen molar-refractivity contribution in [3.63, 3.8) is 0 Å². The number of nitrogens with one attached hydrogen (secondary N) is 2. The highest BCUT2D eigenvalue weighted by molar-refractivity contribution is 5.87. The van der Waals surface area contributed by atoms with E-state index in [9.17, 15) is 19.5 Å². The van der Waals surface area contributed by atoms with Crippen LogP contribution in [-0.2, 0) is 14.3 Å². The van der Waals surface area contributed by atoms with Crippen molar-refractivity contribution >= 4 is 18.0 Å². The third kappa shape index (κ3) is 5.51. The molecule has 0 heterocycles. The summed E-state index contributed by atoms with van der Waals surface area (Å²) in [5.41, 5.74) is 3.57. The average molecular weight is 455 g/mol. The van der Waals surface area contributed by atoms with E-state index in [1.165, 1.54) is 6.92 Å². The molecule has 33 heavy (non-hydrogen) atoms. The number of carbonyl (C=O) groups is 3. The summed E-state index contributed by atoms with van der Waals surface area (Å²) >= 11 is 0. The van der Waals surface area contributed by atoms with Crippen LogP contribution in [0.15, 0.2) is 48.5 Å². The van der Waals surface area contributed by atoms with Crippen molar-refractivity contribution in [1.29, 1.82) is 0 Å². The van der Waals surface area contributed by atoms with Crippen LogP contribution in [0, 0.1) is 5.41 Å². The van der Waals surface area contributed by atoms with E-state index in [1.807, 2.05) is 36.4 Å². The molecular formula is C25H30N2O6. The lowest BCUT2D eigenvalue weighted by Crippen LogP contribution is -2.52. The molecule has 0 spiro atoms. The smallest absolute Gasteiger partial charge is 0.407 e. The molecule has 0 aliphatic heterocycles. The van der Waals surface area contributed by atoms with Crippen LogP contribution in [0.25, 0.3) is 11.1 Å². The highest BCUT2D eigenvalue weighted by Gasteiger charge is 2.33. The summed E-state index contributed by atoms with van der Waals surface area (Å²) in [5, 5.41) is 23.7. The Morgan fingerprint density at radius 1 is 1.03 bits per heavy atom. The lowest BCUT2D eigenvalue weighted by molar-refractivity contribution is -0.146. The maximum absolute atomic E-state index is 12.5. The van der Waals surface area contributed by atoms with Crippen molar-refractivity contribution in [2.24, 2.45) is 5.41 Å². The normalized spacial score (nSPS) is 14.5. The van der Waals surface area contributed by atoms with E-state index in [4.69, 9.17) is 9.84 Å². The maximum atomic E-state index is 12.5. The third-order valence-electron chi connectivity index (χ3n) is 6.01. The van der Waals surface area contributed by atoms with Crippen LogP contribution >= 0.6 is 0 Å². The quantitative estimate of drug-likeness (QED) is 0.462. The second-order valence-corrected chi connectivity index (χ2v) is 8.92. The predicted molar refractivity (Wildman–Crippen MR) is 123 cm³/mol. The van der Waals surface area contributed by atoms with Gasteiger partial charge in [-0.15, -0.1) is 0 Å². The molecule has 2 atom stereocenters. The summed E-state index contributed by atoms with van der Waals surface area (Å²) in [6.07, 6.45) is -1.56. The monoisotopic (exact) mass is 454 g/mol. The summed E-state index contributed by atoms with van der Waals surface area (Å²) in [6, 6.07) is 14.7. The summed E-state index contributed by atoms with van der Waals surface area (Å²) in [7, 11) is 0. The molecule has 176 valence electrons. The number of aliphatic hydroxyl groups is 1. The predicted octanol–water partition coefficient (Wildman–Crippen LogP) is 2.89. The minimum atomic E-state index is -1.40. The first-order chi connectivity index (χ1) is 15.6. The van der Waals surface area contributed by atoms with Crippen LogP contribution in [0.1, 0.15) is 44.2 Å². The minimum Gasteiger partial charge on any atom is -0.480 e. The molecule has 2 unspecified atom stereocenters. The molecule has 0 fully saturated rings. The van der Waals surface area contributed by atoms with Gasteiger partial charge in [0.15, 0.2) is 6.04 Å². The Morgan fingerprint density at radius 3 is 2.09 bits per heavy atom. The molecule has 1 aliphatic carbocycles. The number of hydrogen-bond acceptors (Lipinski definition) is 5. The van der Waals surface area contributed by atoms with Crippen LogP contribution in [0.5, 0.6) is 0 Å². The van der Waals surface area contributed by atoms with Gasteiger partial charge in [-0.1, -0.05) is 62.4 Å². The second kappa shape index (κ2) is 10.0. The van der Waals surface area contributed by atoms with Gasteiger partial charge in [0.05, 0.1) is 6.10 Å². The standard InChI is InChI=1S/C25H30N2O6/c1-15(28)21(22(29)30)27-23(31)25(2,3)12-13-26-24(32)33-14-20-18-10-6-4-8-16(18)17-9-5-7-11-19(17)20/h4-11,15,20-21,28H,12-14H2,1-3H3,(H,26,32)(H,27,31)(H,29,30). The van der Waals surface area contributed by atoms with Crippen molar-refractivity contribution in [2.45, 2.75) is 45.3 Å². The van der Waals surface area contributed by atoms with Crippen LogP contribution in [0.4, 0.5) is 4.79 Å². The average Bonchev–Trinajstić information content (AvgIpc) is 3.09. The summed E-state index contributed by atoms with van der Waals surface area (Å²) in [5.74, 6) is -1.88. The minimum absolute atomic E-state index is 0.0428. The van der Waals surface area contributed by atoms with Crippen molar-refractivity contribution < 1.29 is 29.3 Å². The Kier molecular flexibility index (Phi) is 7.38. The zero-order valence-electron chi connectivity index (χ0n) is 19.0. The number of fused-ring (bicyclic) bond motifs is 3. The number of ether oxygens (including phenoxy) is 1. The summed E-state index contributed by atoms with van der Waals surface area (Å²) in [6.45, 7) is 4.94. The van der Waals surface area contributed by atoms with E-state index in [-0.39, 0.29) is 25.5 Å². The van der Waals surface area contributed by atoms with Crippen LogP contribution in [-0.4, -0.2) is 53.5 Å². The molecule has 0 saturated heterocycles. The molecule has 2 amide bonds. The number of amides is 2. The summed E-state index contributed by atoms with van der Waals surface area (Å²) in [4.78, 5) is 35.9. The van der Waals surface area contributed by atoms with Gasteiger partial charge in [0.1, 0.15) is 6.61 Å². The number of benzene rings is 2. The van der Waals surface area contributed by atoms with E-state index < -0.39 is 35.5 Å². The van der Waals surface area contributed by atoms with Gasteiger partial charge >= 0.3 is 12.1 Å². The Balaban J connectivity index is 1.51. The van der Waals surface area contributed by atoms with E-state index in [1.54, 1.807) is 13.8 Å². The van der Waals surface area contributed by atoms with Gasteiger partial charge in [-0.2, -0.15) is 0 Å². The molecule has 3 rings (SSSR count). The van der Waals surface area contributed by atoms with Crippen LogP contribution < -0.4 is 10.6 Å². The molecule has 2 aromatic rings. The fourth-order valence-electron chi connectivity index (χ4n) is 3.97. The molecule has 8 heteroatoms. The number of alkyl carbamates (subject to hydrolysis) is 1. The van der Waals surface area contributed by atoms with Gasteiger partial charge in [-0.25, -0.2) is 9.59 Å². The first-order valence-electron chi connectivity index (χ1n) is 10.9. The molecule has 0 radical (unpaired) electrons. The lowest BCUT2D eigenvalue weighted by atomic mass is 9.87. The van der Waals surface area contributed by atoms with Gasteiger partial charge in [0.2, 0.25) is 5.91 Å². The second-order valence-electron chi connectivity index (χ2n) is 8.92. The molecule has 8 nitrogen and oxygen atoms in total. The van der Waals surface area contributed by atoms with Gasteiger partial charge in [-0.3, -0.25) is 4.79 Å². The van der Waals surface area contributed by atoms with E-state index >= 15 is 0 Å². The number of carboxylic acid groups (broad SMARTS) is 1. The van der Waals surface area contributed by atoms with Gasteiger partial charge in [0, 0.05) is 17.9 Å². The fraction of sp³-hybridized carbons (Fsp3) is 0.400. The lowest BCUT2D eigenvalue weighted by Gasteiger charge is -2.27. The molecule has 1 aliphatic rings. The third-order valence-corrected chi connectivity index (χ3v) is 6.01. The number of hydrogen-bond donors (Lipinski definition) is 4. The fourth-order valence-corrected chi connectivity index (χ4v) is 3.97. The van der Waals surface area contributed by atoms with E-state index in [0.717, 1.165) is 22.3 Å². The van der Waals surface area contributed by atoms with Gasteiger partial charge < -0.3 is 25.6 Å². The molecular weight excluding hydrogens is 424 g/mol. The highest BCUT2D eigenvalue weighted by atomic mass is 16.5.